The Morgan fingerprint density at radius 3 is 2.94 bits per heavy atom. The minimum atomic E-state index is -0.178. The van der Waals surface area contributed by atoms with E-state index < -0.39 is 0 Å². The van der Waals surface area contributed by atoms with E-state index in [1.165, 1.54) is 18.9 Å². The van der Waals surface area contributed by atoms with Gasteiger partial charge in [-0.1, -0.05) is 54.5 Å². The van der Waals surface area contributed by atoms with Crippen molar-refractivity contribution in [2.24, 2.45) is 5.92 Å². The molecule has 2 rings (SSSR count). The predicted molar refractivity (Wildman–Crippen MR) is 80.5 cm³/mol. The van der Waals surface area contributed by atoms with E-state index in [1.54, 1.807) is 12.1 Å². The molecule has 3 atom stereocenters. The summed E-state index contributed by atoms with van der Waals surface area (Å²) in [6.45, 7) is 2.29. The van der Waals surface area contributed by atoms with E-state index in [1.807, 2.05) is 6.07 Å². The number of benzene rings is 1. The molecule has 0 amide bonds. The molecule has 0 aliphatic heterocycles. The molecule has 3 heteroatoms. The fourth-order valence-corrected chi connectivity index (χ4v) is 3.36. The van der Waals surface area contributed by atoms with Crippen LogP contribution in [-0.2, 0) is 4.74 Å². The molecule has 1 aliphatic rings. The molecular formula is C15H20FIO. The summed E-state index contributed by atoms with van der Waals surface area (Å²) in [5, 5.41) is 0. The lowest BCUT2D eigenvalue weighted by atomic mass is 9.88. The Morgan fingerprint density at radius 1 is 1.44 bits per heavy atom. The third-order valence-corrected chi connectivity index (χ3v) is 4.41. The zero-order valence-electron chi connectivity index (χ0n) is 10.7. The molecule has 0 radical (unpaired) electrons. The lowest BCUT2D eigenvalue weighted by Gasteiger charge is -2.30. The van der Waals surface area contributed by atoms with Crippen LogP contribution in [0.1, 0.15) is 44.3 Å². The van der Waals surface area contributed by atoms with Crippen molar-refractivity contribution >= 4 is 22.6 Å². The largest absolute Gasteiger partial charge is 0.369 e. The molecule has 0 aromatic heterocycles. The molecule has 0 N–H and O–H groups in total. The summed E-state index contributed by atoms with van der Waals surface area (Å²) in [4.78, 5) is 0. The molecule has 1 saturated carbocycles. The van der Waals surface area contributed by atoms with Gasteiger partial charge in [0.15, 0.2) is 0 Å². The molecule has 0 bridgehead atoms. The Balaban J connectivity index is 2.00. The van der Waals surface area contributed by atoms with Crippen LogP contribution in [0.25, 0.3) is 0 Å². The van der Waals surface area contributed by atoms with E-state index in [-0.39, 0.29) is 11.9 Å². The average Bonchev–Trinajstić information content (AvgIpc) is 2.36. The van der Waals surface area contributed by atoms with Crippen LogP contribution in [0, 0.1) is 11.7 Å². The smallest absolute Gasteiger partial charge is 0.123 e. The van der Waals surface area contributed by atoms with Crippen LogP contribution in [-0.4, -0.2) is 10.5 Å². The standard InChI is InChI=1S/C15H20FIO/c1-11-4-2-7-14(8-11)18-15(10-17)12-5-3-6-13(16)9-12/h3,5-6,9,11,14-15H,2,4,7-8,10H2,1H3. The van der Waals surface area contributed by atoms with E-state index in [4.69, 9.17) is 4.74 Å². The van der Waals surface area contributed by atoms with E-state index in [9.17, 15) is 4.39 Å². The molecule has 1 fully saturated rings. The van der Waals surface area contributed by atoms with E-state index in [0.717, 1.165) is 28.8 Å². The second-order valence-corrected chi connectivity index (χ2v) is 6.11. The van der Waals surface area contributed by atoms with Gasteiger partial charge in [-0.25, -0.2) is 4.39 Å². The molecule has 0 heterocycles. The summed E-state index contributed by atoms with van der Waals surface area (Å²) >= 11 is 2.32. The SMILES string of the molecule is CC1CCCC(OC(CI)c2cccc(F)c2)C1. The molecule has 100 valence electrons. The van der Waals surface area contributed by atoms with Crippen LogP contribution >= 0.6 is 22.6 Å². The number of ether oxygens (including phenoxy) is 1. The molecule has 1 aromatic carbocycles. The van der Waals surface area contributed by atoms with Gasteiger partial charge in [0.2, 0.25) is 0 Å². The zero-order valence-corrected chi connectivity index (χ0v) is 12.9. The van der Waals surface area contributed by atoms with Crippen molar-refractivity contribution in [3.8, 4) is 0 Å². The molecular weight excluding hydrogens is 342 g/mol. The minimum Gasteiger partial charge on any atom is -0.369 e. The quantitative estimate of drug-likeness (QED) is 0.547. The lowest BCUT2D eigenvalue weighted by Crippen LogP contribution is -2.24. The van der Waals surface area contributed by atoms with Gasteiger partial charge in [-0.3, -0.25) is 0 Å². The van der Waals surface area contributed by atoms with Gasteiger partial charge in [0.1, 0.15) is 5.82 Å². The maximum Gasteiger partial charge on any atom is 0.123 e. The van der Waals surface area contributed by atoms with Gasteiger partial charge in [0.25, 0.3) is 0 Å². The lowest BCUT2D eigenvalue weighted by molar-refractivity contribution is -0.0284. The summed E-state index contributed by atoms with van der Waals surface area (Å²) in [6.07, 6.45) is 5.22. The zero-order chi connectivity index (χ0) is 13.0. The van der Waals surface area contributed by atoms with Crippen molar-refractivity contribution in [2.45, 2.75) is 44.8 Å². The number of alkyl halides is 1. The van der Waals surface area contributed by atoms with Crippen LogP contribution in [0.5, 0.6) is 0 Å². The van der Waals surface area contributed by atoms with Crippen LogP contribution in [0.15, 0.2) is 24.3 Å². The number of hydrogen-bond donors (Lipinski definition) is 0. The Hall–Kier alpha value is -0.160. The topological polar surface area (TPSA) is 9.23 Å². The first-order valence-electron chi connectivity index (χ1n) is 6.66. The highest BCUT2D eigenvalue weighted by atomic mass is 127. The van der Waals surface area contributed by atoms with Gasteiger partial charge in [0.05, 0.1) is 12.2 Å². The van der Waals surface area contributed by atoms with Gasteiger partial charge in [0, 0.05) is 4.43 Å². The molecule has 1 aliphatic carbocycles. The fraction of sp³-hybridized carbons (Fsp3) is 0.600. The molecule has 1 aromatic rings. The van der Waals surface area contributed by atoms with Crippen LogP contribution in [0.2, 0.25) is 0 Å². The third kappa shape index (κ3) is 3.92. The molecule has 0 spiro atoms. The summed E-state index contributed by atoms with van der Waals surface area (Å²) in [5.41, 5.74) is 0.961. The minimum absolute atomic E-state index is 0.0246. The van der Waals surface area contributed by atoms with Crippen LogP contribution in [0.3, 0.4) is 0 Å². The van der Waals surface area contributed by atoms with Crippen molar-refractivity contribution < 1.29 is 9.13 Å². The number of hydrogen-bond acceptors (Lipinski definition) is 1. The maximum atomic E-state index is 13.2. The Morgan fingerprint density at radius 2 is 2.28 bits per heavy atom. The van der Waals surface area contributed by atoms with Gasteiger partial charge >= 0.3 is 0 Å². The van der Waals surface area contributed by atoms with Crippen molar-refractivity contribution in [2.75, 3.05) is 4.43 Å². The third-order valence-electron chi connectivity index (χ3n) is 3.61. The Kier molecular flexibility index (Phi) is 5.42. The number of halogens is 2. The second-order valence-electron chi connectivity index (χ2n) is 5.23. The van der Waals surface area contributed by atoms with Crippen LogP contribution < -0.4 is 0 Å². The number of rotatable bonds is 4. The van der Waals surface area contributed by atoms with Crippen molar-refractivity contribution in [1.29, 1.82) is 0 Å². The van der Waals surface area contributed by atoms with Gasteiger partial charge in [-0.2, -0.15) is 0 Å². The Labute approximate surface area is 122 Å². The molecule has 3 unspecified atom stereocenters. The van der Waals surface area contributed by atoms with Gasteiger partial charge in [-0.15, -0.1) is 0 Å². The monoisotopic (exact) mass is 362 g/mol. The highest BCUT2D eigenvalue weighted by Crippen LogP contribution is 2.31. The predicted octanol–water partition coefficient (Wildman–Crippen LogP) is 4.90. The van der Waals surface area contributed by atoms with Crippen molar-refractivity contribution in [1.82, 2.24) is 0 Å². The van der Waals surface area contributed by atoms with E-state index in [0.29, 0.717) is 6.10 Å². The first-order chi connectivity index (χ1) is 8.69. The second kappa shape index (κ2) is 6.85. The molecule has 18 heavy (non-hydrogen) atoms. The summed E-state index contributed by atoms with van der Waals surface area (Å²) in [5.74, 6) is 0.578. The van der Waals surface area contributed by atoms with E-state index >= 15 is 0 Å². The van der Waals surface area contributed by atoms with Crippen molar-refractivity contribution in [3.05, 3.63) is 35.6 Å². The molecule has 0 saturated heterocycles. The van der Waals surface area contributed by atoms with Gasteiger partial charge in [-0.05, 0) is 36.5 Å². The Bertz CT molecular complexity index is 383. The maximum absolute atomic E-state index is 13.2. The van der Waals surface area contributed by atoms with Crippen LogP contribution in [0.4, 0.5) is 4.39 Å². The first kappa shape index (κ1) is 14.3. The molecule has 1 nitrogen and oxygen atoms in total. The van der Waals surface area contributed by atoms with Crippen molar-refractivity contribution in [3.63, 3.8) is 0 Å². The van der Waals surface area contributed by atoms with Gasteiger partial charge < -0.3 is 4.74 Å². The van der Waals surface area contributed by atoms with E-state index in [2.05, 4.69) is 29.5 Å². The average molecular weight is 362 g/mol. The fourth-order valence-electron chi connectivity index (χ4n) is 2.65. The highest BCUT2D eigenvalue weighted by molar-refractivity contribution is 14.1. The first-order valence-corrected chi connectivity index (χ1v) is 8.18. The normalized spacial score (nSPS) is 25.9. The highest BCUT2D eigenvalue weighted by Gasteiger charge is 2.23. The summed E-state index contributed by atoms with van der Waals surface area (Å²) in [6, 6.07) is 6.79. The summed E-state index contributed by atoms with van der Waals surface area (Å²) < 4.78 is 20.3. The summed E-state index contributed by atoms with van der Waals surface area (Å²) in [7, 11) is 0.